The standard InChI is InChI=1S/C26H31N5O/c32-26(22-5-6-22)30-15-13-29(14-16-30)24-9-12-28-31-18-23(17-25(24)31)20-3-1-19(2-4-20)21-7-10-27-11-8-21/h1-4,9,12,17-18,21-22,27H,5-8,10-11,13-16H2. The Balaban J connectivity index is 1.21. The molecule has 3 aliphatic rings. The molecule has 2 aliphatic heterocycles. The Morgan fingerprint density at radius 1 is 0.906 bits per heavy atom. The predicted octanol–water partition coefficient (Wildman–Crippen LogP) is 3.53. The molecule has 1 aliphatic carbocycles. The second kappa shape index (κ2) is 8.24. The Labute approximate surface area is 189 Å². The Hall–Kier alpha value is -2.86. The molecule has 3 aromatic rings. The Bertz CT molecular complexity index is 1100. The molecule has 3 fully saturated rings. The monoisotopic (exact) mass is 429 g/mol. The van der Waals surface area contributed by atoms with Crippen molar-refractivity contribution >= 4 is 17.1 Å². The number of hydrogen-bond donors (Lipinski definition) is 1. The number of nitrogens with zero attached hydrogens (tertiary/aromatic N) is 4. The molecule has 0 atom stereocenters. The number of carbonyl (C=O) groups excluding carboxylic acids is 1. The minimum Gasteiger partial charge on any atom is -0.366 e. The second-order valence-corrected chi connectivity index (χ2v) is 9.51. The first kappa shape index (κ1) is 19.8. The molecule has 4 heterocycles. The number of rotatable bonds is 4. The summed E-state index contributed by atoms with van der Waals surface area (Å²) >= 11 is 0. The quantitative estimate of drug-likeness (QED) is 0.689. The van der Waals surface area contributed by atoms with Crippen LogP contribution in [-0.2, 0) is 4.79 Å². The molecule has 166 valence electrons. The third-order valence-electron chi connectivity index (χ3n) is 7.40. The Kier molecular flexibility index (Phi) is 5.10. The number of amides is 1. The van der Waals surface area contributed by atoms with Crippen LogP contribution in [0.3, 0.4) is 0 Å². The van der Waals surface area contributed by atoms with Crippen molar-refractivity contribution in [2.45, 2.75) is 31.6 Å². The summed E-state index contributed by atoms with van der Waals surface area (Å²) in [5, 5.41) is 8.02. The minimum absolute atomic E-state index is 0.309. The molecule has 0 unspecified atom stereocenters. The summed E-state index contributed by atoms with van der Waals surface area (Å²) in [5.41, 5.74) is 6.22. The van der Waals surface area contributed by atoms with E-state index in [0.29, 0.717) is 17.7 Å². The zero-order valence-corrected chi connectivity index (χ0v) is 18.5. The average Bonchev–Trinajstić information content (AvgIpc) is 3.62. The summed E-state index contributed by atoms with van der Waals surface area (Å²) in [4.78, 5) is 16.8. The van der Waals surface area contributed by atoms with Crippen LogP contribution in [0.15, 0.2) is 48.8 Å². The van der Waals surface area contributed by atoms with E-state index in [-0.39, 0.29) is 0 Å². The van der Waals surface area contributed by atoms with E-state index in [2.05, 4.69) is 62.8 Å². The maximum absolute atomic E-state index is 12.4. The van der Waals surface area contributed by atoms with Gasteiger partial charge in [0.1, 0.15) is 0 Å². The summed E-state index contributed by atoms with van der Waals surface area (Å²) < 4.78 is 1.99. The van der Waals surface area contributed by atoms with Gasteiger partial charge in [-0.25, -0.2) is 4.52 Å². The van der Waals surface area contributed by atoms with Crippen LogP contribution in [-0.4, -0.2) is 59.7 Å². The lowest BCUT2D eigenvalue weighted by Crippen LogP contribution is -2.49. The number of anilines is 1. The van der Waals surface area contributed by atoms with Crippen molar-refractivity contribution in [3.05, 3.63) is 54.4 Å². The normalized spacial score (nSPS) is 20.1. The molecule has 1 saturated carbocycles. The van der Waals surface area contributed by atoms with E-state index in [1.807, 2.05) is 10.7 Å². The second-order valence-electron chi connectivity index (χ2n) is 9.51. The number of carbonyl (C=O) groups is 1. The molecular formula is C26H31N5O. The molecule has 1 N–H and O–H groups in total. The third-order valence-corrected chi connectivity index (χ3v) is 7.40. The molecule has 6 nitrogen and oxygen atoms in total. The zero-order valence-electron chi connectivity index (χ0n) is 18.5. The van der Waals surface area contributed by atoms with Gasteiger partial charge in [-0.1, -0.05) is 24.3 Å². The summed E-state index contributed by atoms with van der Waals surface area (Å²) in [6, 6.07) is 13.5. The first-order chi connectivity index (χ1) is 15.8. The van der Waals surface area contributed by atoms with E-state index in [4.69, 9.17) is 0 Å². The van der Waals surface area contributed by atoms with Gasteiger partial charge >= 0.3 is 0 Å². The Morgan fingerprint density at radius 2 is 1.66 bits per heavy atom. The number of fused-ring (bicyclic) bond motifs is 1. The molecule has 6 rings (SSSR count). The summed E-state index contributed by atoms with van der Waals surface area (Å²) in [6.07, 6.45) is 8.62. The smallest absolute Gasteiger partial charge is 0.225 e. The van der Waals surface area contributed by atoms with Gasteiger partial charge in [-0.15, -0.1) is 0 Å². The van der Waals surface area contributed by atoms with Crippen molar-refractivity contribution < 1.29 is 4.79 Å². The lowest BCUT2D eigenvalue weighted by atomic mass is 9.89. The fourth-order valence-electron chi connectivity index (χ4n) is 5.28. The van der Waals surface area contributed by atoms with Crippen LogP contribution < -0.4 is 10.2 Å². The van der Waals surface area contributed by atoms with Crippen LogP contribution in [0.2, 0.25) is 0 Å². The minimum atomic E-state index is 0.309. The molecule has 0 bridgehead atoms. The molecule has 2 aromatic heterocycles. The molecule has 1 aromatic carbocycles. The third kappa shape index (κ3) is 3.77. The molecule has 2 saturated heterocycles. The number of hydrogen-bond acceptors (Lipinski definition) is 4. The van der Waals surface area contributed by atoms with Crippen LogP contribution in [0.5, 0.6) is 0 Å². The fourth-order valence-corrected chi connectivity index (χ4v) is 5.28. The predicted molar refractivity (Wildman–Crippen MR) is 127 cm³/mol. The number of piperazine rings is 1. The maximum Gasteiger partial charge on any atom is 0.225 e. The highest BCUT2D eigenvalue weighted by molar-refractivity contribution is 5.82. The topological polar surface area (TPSA) is 52.9 Å². The van der Waals surface area contributed by atoms with E-state index >= 15 is 0 Å². The average molecular weight is 430 g/mol. The van der Waals surface area contributed by atoms with E-state index < -0.39 is 0 Å². The lowest BCUT2D eigenvalue weighted by Gasteiger charge is -2.36. The van der Waals surface area contributed by atoms with E-state index in [1.54, 1.807) is 0 Å². The molecule has 6 heteroatoms. The van der Waals surface area contributed by atoms with E-state index in [1.165, 1.54) is 35.2 Å². The van der Waals surface area contributed by atoms with Crippen molar-refractivity contribution in [1.82, 2.24) is 19.8 Å². The highest BCUT2D eigenvalue weighted by atomic mass is 16.2. The zero-order chi connectivity index (χ0) is 21.5. The number of aromatic nitrogens is 2. The molecule has 0 radical (unpaired) electrons. The van der Waals surface area contributed by atoms with Gasteiger partial charge in [0, 0.05) is 50.1 Å². The van der Waals surface area contributed by atoms with Gasteiger partial charge in [-0.3, -0.25) is 4.79 Å². The summed E-state index contributed by atoms with van der Waals surface area (Å²) in [5.74, 6) is 1.35. The van der Waals surface area contributed by atoms with Gasteiger partial charge in [0.25, 0.3) is 0 Å². The van der Waals surface area contributed by atoms with Crippen LogP contribution in [0.1, 0.15) is 37.2 Å². The molecular weight excluding hydrogens is 398 g/mol. The van der Waals surface area contributed by atoms with Crippen molar-refractivity contribution in [2.24, 2.45) is 5.92 Å². The number of benzene rings is 1. The van der Waals surface area contributed by atoms with Gasteiger partial charge in [0.2, 0.25) is 5.91 Å². The van der Waals surface area contributed by atoms with Crippen molar-refractivity contribution in [3.8, 4) is 11.1 Å². The first-order valence-corrected chi connectivity index (χ1v) is 12.1. The highest BCUT2D eigenvalue weighted by Crippen LogP contribution is 2.33. The van der Waals surface area contributed by atoms with Crippen LogP contribution in [0.4, 0.5) is 5.69 Å². The molecule has 32 heavy (non-hydrogen) atoms. The van der Waals surface area contributed by atoms with Crippen LogP contribution >= 0.6 is 0 Å². The SMILES string of the molecule is O=C(C1CC1)N1CCN(c2ccnn3cc(-c4ccc(C5CCNCC5)cc4)cc23)CC1. The van der Waals surface area contributed by atoms with Gasteiger partial charge < -0.3 is 15.1 Å². The van der Waals surface area contributed by atoms with Gasteiger partial charge in [0.05, 0.1) is 11.2 Å². The fraction of sp³-hybridized carbons (Fsp3) is 0.462. The van der Waals surface area contributed by atoms with Gasteiger partial charge in [-0.2, -0.15) is 5.10 Å². The van der Waals surface area contributed by atoms with E-state index in [0.717, 1.165) is 57.6 Å². The number of nitrogens with one attached hydrogen (secondary N) is 1. The van der Waals surface area contributed by atoms with Crippen molar-refractivity contribution in [1.29, 1.82) is 0 Å². The Morgan fingerprint density at radius 3 is 2.38 bits per heavy atom. The van der Waals surface area contributed by atoms with Gasteiger partial charge in [0.15, 0.2) is 0 Å². The molecule has 1 amide bonds. The van der Waals surface area contributed by atoms with E-state index in [9.17, 15) is 4.79 Å². The largest absolute Gasteiger partial charge is 0.366 e. The van der Waals surface area contributed by atoms with Crippen LogP contribution in [0.25, 0.3) is 16.6 Å². The highest BCUT2D eigenvalue weighted by Gasteiger charge is 2.34. The van der Waals surface area contributed by atoms with Crippen molar-refractivity contribution in [2.75, 3.05) is 44.2 Å². The van der Waals surface area contributed by atoms with Crippen LogP contribution in [0, 0.1) is 5.92 Å². The summed E-state index contributed by atoms with van der Waals surface area (Å²) in [7, 11) is 0. The van der Waals surface area contributed by atoms with Gasteiger partial charge in [-0.05, 0) is 68.0 Å². The number of piperidine rings is 1. The first-order valence-electron chi connectivity index (χ1n) is 12.1. The van der Waals surface area contributed by atoms with Crippen molar-refractivity contribution in [3.63, 3.8) is 0 Å². The lowest BCUT2D eigenvalue weighted by molar-refractivity contribution is -0.132. The summed E-state index contributed by atoms with van der Waals surface area (Å²) in [6.45, 7) is 5.63. The maximum atomic E-state index is 12.4. The molecule has 0 spiro atoms.